The highest BCUT2D eigenvalue weighted by atomic mass is 16.1. The van der Waals surface area contributed by atoms with Gasteiger partial charge in [0.2, 0.25) is 5.56 Å². The number of hydrogen-bond donors (Lipinski definition) is 2. The van der Waals surface area contributed by atoms with Crippen LogP contribution in [0.15, 0.2) is 58.6 Å². The predicted octanol–water partition coefficient (Wildman–Crippen LogP) is 3.85. The van der Waals surface area contributed by atoms with Crippen LogP contribution in [0.3, 0.4) is 0 Å². The number of aromatic amines is 1. The molecule has 0 saturated carbocycles. The van der Waals surface area contributed by atoms with E-state index in [4.69, 9.17) is 0 Å². The number of hydrogen-bond acceptors (Lipinski definition) is 3. The largest absolute Gasteiger partial charge is 0.356 e. The minimum absolute atomic E-state index is 0.0368. The predicted molar refractivity (Wildman–Crippen MR) is 101 cm³/mol. The molecule has 2 aliphatic rings. The first kappa shape index (κ1) is 15.9. The Hall–Kier alpha value is -2.62. The van der Waals surface area contributed by atoms with Gasteiger partial charge >= 0.3 is 0 Å². The molecule has 128 valence electrons. The van der Waals surface area contributed by atoms with Gasteiger partial charge in [-0.1, -0.05) is 17.7 Å². The molecule has 0 fully saturated rings. The number of nitrogens with zero attached hydrogens (tertiary/aromatic N) is 1. The molecular formula is C21H23N3O. The van der Waals surface area contributed by atoms with Crippen molar-refractivity contribution in [2.45, 2.75) is 39.2 Å². The van der Waals surface area contributed by atoms with E-state index < -0.39 is 0 Å². The van der Waals surface area contributed by atoms with E-state index in [1.165, 1.54) is 16.7 Å². The lowest BCUT2D eigenvalue weighted by Gasteiger charge is -2.48. The molecule has 0 aliphatic heterocycles. The molecule has 0 radical (unpaired) electrons. The molecule has 2 aromatic rings. The lowest BCUT2D eigenvalue weighted by molar-refractivity contribution is 0.439. The van der Waals surface area contributed by atoms with Gasteiger partial charge in [0.15, 0.2) is 0 Å². The first-order chi connectivity index (χ1) is 12.0. The summed E-state index contributed by atoms with van der Waals surface area (Å²) in [6, 6.07) is 7.69. The Kier molecular flexibility index (Phi) is 3.64. The SMILES string of the molecule is C/C=C1\[C@H]2C=C(C)C[C@]1(Nc1cc(C)ccn1)c1ccc(=O)[nH]c1C2. The summed E-state index contributed by atoms with van der Waals surface area (Å²) in [5.74, 6) is 1.17. The van der Waals surface area contributed by atoms with E-state index in [0.29, 0.717) is 5.92 Å². The third-order valence-electron chi connectivity index (χ3n) is 5.37. The number of aryl methyl sites for hydroxylation is 1. The molecule has 2 aromatic heterocycles. The molecule has 4 rings (SSSR count). The smallest absolute Gasteiger partial charge is 0.248 e. The Balaban J connectivity index is 1.94. The van der Waals surface area contributed by atoms with Crippen molar-refractivity contribution in [3.8, 4) is 0 Å². The first-order valence-electron chi connectivity index (χ1n) is 8.79. The Labute approximate surface area is 147 Å². The summed E-state index contributed by atoms with van der Waals surface area (Å²) in [5.41, 5.74) is 5.71. The maximum absolute atomic E-state index is 11.9. The Morgan fingerprint density at radius 1 is 1.32 bits per heavy atom. The van der Waals surface area contributed by atoms with Crippen molar-refractivity contribution < 1.29 is 0 Å². The quantitative estimate of drug-likeness (QED) is 0.821. The topological polar surface area (TPSA) is 57.8 Å². The number of allylic oxidation sites excluding steroid dienone is 2. The Morgan fingerprint density at radius 2 is 2.16 bits per heavy atom. The second-order valence-corrected chi connectivity index (χ2v) is 7.21. The monoisotopic (exact) mass is 333 g/mol. The summed E-state index contributed by atoms with van der Waals surface area (Å²) in [7, 11) is 0. The molecule has 0 amide bonds. The van der Waals surface area contributed by atoms with Crippen molar-refractivity contribution in [3.05, 3.63) is 80.9 Å². The van der Waals surface area contributed by atoms with Crippen LogP contribution in [0.1, 0.15) is 37.1 Å². The summed E-state index contributed by atoms with van der Waals surface area (Å²) in [6.07, 6.45) is 8.12. The maximum Gasteiger partial charge on any atom is 0.248 e. The summed E-state index contributed by atoms with van der Waals surface area (Å²) >= 11 is 0. The van der Waals surface area contributed by atoms with E-state index in [1.54, 1.807) is 6.07 Å². The van der Waals surface area contributed by atoms with Crippen molar-refractivity contribution in [2.24, 2.45) is 5.92 Å². The molecule has 2 atom stereocenters. The van der Waals surface area contributed by atoms with E-state index in [9.17, 15) is 4.79 Å². The average molecular weight is 333 g/mol. The second kappa shape index (κ2) is 5.73. The van der Waals surface area contributed by atoms with Crippen molar-refractivity contribution >= 4 is 5.82 Å². The van der Waals surface area contributed by atoms with Gasteiger partial charge < -0.3 is 10.3 Å². The summed E-state index contributed by atoms with van der Waals surface area (Å²) < 4.78 is 0. The number of fused-ring (bicyclic) bond motifs is 4. The number of rotatable bonds is 2. The molecule has 0 unspecified atom stereocenters. The third kappa shape index (κ3) is 2.53. The van der Waals surface area contributed by atoms with E-state index in [-0.39, 0.29) is 11.1 Å². The van der Waals surface area contributed by atoms with Crippen LogP contribution in [-0.4, -0.2) is 9.97 Å². The van der Waals surface area contributed by atoms with Gasteiger partial charge in [0.05, 0.1) is 5.54 Å². The van der Waals surface area contributed by atoms with Gasteiger partial charge in [-0.05, 0) is 62.9 Å². The van der Waals surface area contributed by atoms with E-state index >= 15 is 0 Å². The first-order valence-corrected chi connectivity index (χ1v) is 8.79. The molecule has 4 heteroatoms. The van der Waals surface area contributed by atoms with Crippen LogP contribution in [0.4, 0.5) is 5.82 Å². The minimum atomic E-state index is -0.350. The number of aromatic nitrogens is 2. The van der Waals surface area contributed by atoms with Crippen LogP contribution < -0.4 is 10.9 Å². The maximum atomic E-state index is 11.9. The molecule has 0 aromatic carbocycles. The van der Waals surface area contributed by atoms with Crippen LogP contribution in [0.5, 0.6) is 0 Å². The van der Waals surface area contributed by atoms with Crippen molar-refractivity contribution in [2.75, 3.05) is 5.32 Å². The van der Waals surface area contributed by atoms with E-state index in [2.05, 4.69) is 54.3 Å². The molecular weight excluding hydrogens is 310 g/mol. The minimum Gasteiger partial charge on any atom is -0.356 e. The van der Waals surface area contributed by atoms with Gasteiger partial charge in [0.25, 0.3) is 0 Å². The molecule has 0 saturated heterocycles. The van der Waals surface area contributed by atoms with E-state index in [1.807, 2.05) is 18.3 Å². The fourth-order valence-electron chi connectivity index (χ4n) is 4.51. The molecule has 0 spiro atoms. The van der Waals surface area contributed by atoms with Gasteiger partial charge in [-0.3, -0.25) is 4.79 Å². The highest BCUT2D eigenvalue weighted by molar-refractivity contribution is 5.57. The molecule has 2 bridgehead atoms. The molecule has 25 heavy (non-hydrogen) atoms. The van der Waals surface area contributed by atoms with Crippen molar-refractivity contribution in [1.82, 2.24) is 9.97 Å². The zero-order chi connectivity index (χ0) is 17.6. The van der Waals surface area contributed by atoms with Crippen LogP contribution in [0.25, 0.3) is 0 Å². The summed E-state index contributed by atoms with van der Waals surface area (Å²) in [5, 5.41) is 3.73. The van der Waals surface area contributed by atoms with Gasteiger partial charge in [0, 0.05) is 29.4 Å². The summed E-state index contributed by atoms with van der Waals surface area (Å²) in [4.78, 5) is 19.5. The van der Waals surface area contributed by atoms with Gasteiger partial charge in [-0.15, -0.1) is 0 Å². The molecule has 2 heterocycles. The molecule has 4 nitrogen and oxygen atoms in total. The lowest BCUT2D eigenvalue weighted by Crippen LogP contribution is -2.47. The number of anilines is 1. The number of nitrogens with one attached hydrogen (secondary N) is 2. The van der Waals surface area contributed by atoms with Crippen LogP contribution >= 0.6 is 0 Å². The Morgan fingerprint density at radius 3 is 2.92 bits per heavy atom. The fourth-order valence-corrected chi connectivity index (χ4v) is 4.51. The summed E-state index contributed by atoms with van der Waals surface area (Å²) in [6.45, 7) is 6.37. The van der Waals surface area contributed by atoms with E-state index in [0.717, 1.165) is 29.9 Å². The van der Waals surface area contributed by atoms with Crippen molar-refractivity contribution in [1.29, 1.82) is 0 Å². The number of pyridine rings is 2. The van der Waals surface area contributed by atoms with Crippen LogP contribution in [0, 0.1) is 12.8 Å². The lowest BCUT2D eigenvalue weighted by atomic mass is 9.63. The van der Waals surface area contributed by atoms with Crippen LogP contribution in [-0.2, 0) is 12.0 Å². The van der Waals surface area contributed by atoms with Crippen LogP contribution in [0.2, 0.25) is 0 Å². The molecule has 2 aliphatic carbocycles. The fraction of sp³-hybridized carbons (Fsp3) is 0.333. The van der Waals surface area contributed by atoms with Crippen molar-refractivity contribution in [3.63, 3.8) is 0 Å². The third-order valence-corrected chi connectivity index (χ3v) is 5.37. The zero-order valence-corrected chi connectivity index (χ0v) is 14.9. The second-order valence-electron chi connectivity index (χ2n) is 7.21. The van der Waals surface area contributed by atoms with Gasteiger partial charge in [-0.25, -0.2) is 4.98 Å². The Bertz CT molecular complexity index is 954. The number of H-pyrrole nitrogens is 1. The average Bonchev–Trinajstić information content (AvgIpc) is 2.53. The van der Waals surface area contributed by atoms with Gasteiger partial charge in [-0.2, -0.15) is 0 Å². The molecule has 2 N–H and O–H groups in total. The standard InChI is InChI=1S/C21H23N3O/c1-4-16-15-9-14(3)12-21(16,24-19-10-13(2)7-8-22-19)17-5-6-20(25)23-18(17)11-15/h4-10,15H,11-12H2,1-3H3,(H,22,24)(H,23,25)/b16-4+/t15-,21+/m0/s1. The van der Waals surface area contributed by atoms with Gasteiger partial charge in [0.1, 0.15) is 5.82 Å². The normalized spacial score (nSPS) is 26.1. The highest BCUT2D eigenvalue weighted by Gasteiger charge is 2.46. The highest BCUT2D eigenvalue weighted by Crippen LogP contribution is 2.50. The zero-order valence-electron chi connectivity index (χ0n) is 14.9.